The lowest BCUT2D eigenvalue weighted by atomic mass is 10.2. The van der Waals surface area contributed by atoms with E-state index >= 15 is 0 Å². The van der Waals surface area contributed by atoms with Gasteiger partial charge in [0, 0.05) is 16.3 Å². The van der Waals surface area contributed by atoms with E-state index in [0.717, 1.165) is 10.5 Å². The molecule has 8 heteroatoms. The Morgan fingerprint density at radius 3 is 2.07 bits per heavy atom. The summed E-state index contributed by atoms with van der Waals surface area (Å²) in [6, 6.07) is 18.8. The van der Waals surface area contributed by atoms with Crippen LogP contribution in [0.1, 0.15) is 12.5 Å². The molecule has 3 aromatic rings. The quantitative estimate of drug-likeness (QED) is 0.500. The van der Waals surface area contributed by atoms with Crippen molar-refractivity contribution >= 4 is 39.1 Å². The van der Waals surface area contributed by atoms with Crippen molar-refractivity contribution in [3.63, 3.8) is 0 Å². The van der Waals surface area contributed by atoms with Crippen molar-refractivity contribution in [2.24, 2.45) is 0 Å². The minimum Gasteiger partial charge on any atom is -0.325 e. The molecule has 5 nitrogen and oxygen atoms in total. The van der Waals surface area contributed by atoms with E-state index in [9.17, 15) is 17.6 Å². The Morgan fingerprint density at radius 1 is 0.900 bits per heavy atom. The predicted molar refractivity (Wildman–Crippen MR) is 119 cm³/mol. The molecule has 0 bridgehead atoms. The SMILES string of the molecule is Cc1ccc(S[C@@H](C)C(=O)Nc2ccc(S(=O)(=O)Nc3ccc(F)cc3)cc2)cc1. The molecule has 0 aliphatic carbocycles. The van der Waals surface area contributed by atoms with Gasteiger partial charge in [-0.25, -0.2) is 12.8 Å². The predicted octanol–water partition coefficient (Wildman–Crippen LogP) is 5.05. The number of amides is 1. The molecule has 0 saturated carbocycles. The summed E-state index contributed by atoms with van der Waals surface area (Å²) in [6.45, 7) is 3.81. The monoisotopic (exact) mass is 444 g/mol. The van der Waals surface area contributed by atoms with Gasteiger partial charge < -0.3 is 5.32 Å². The van der Waals surface area contributed by atoms with Crippen molar-refractivity contribution < 1.29 is 17.6 Å². The first-order valence-electron chi connectivity index (χ1n) is 9.15. The number of nitrogens with one attached hydrogen (secondary N) is 2. The minimum atomic E-state index is -3.82. The van der Waals surface area contributed by atoms with Gasteiger partial charge in [-0.2, -0.15) is 0 Å². The van der Waals surface area contributed by atoms with Crippen LogP contribution in [0.15, 0.2) is 82.6 Å². The van der Waals surface area contributed by atoms with Crippen LogP contribution in [0.2, 0.25) is 0 Å². The van der Waals surface area contributed by atoms with E-state index in [1.165, 1.54) is 60.3 Å². The Bertz CT molecular complexity index is 1110. The lowest BCUT2D eigenvalue weighted by Crippen LogP contribution is -2.22. The Morgan fingerprint density at radius 2 is 1.47 bits per heavy atom. The van der Waals surface area contributed by atoms with E-state index in [1.54, 1.807) is 0 Å². The lowest BCUT2D eigenvalue weighted by Gasteiger charge is -2.13. The highest BCUT2D eigenvalue weighted by Gasteiger charge is 2.17. The average Bonchev–Trinajstić information content (AvgIpc) is 2.71. The van der Waals surface area contributed by atoms with Crippen molar-refractivity contribution in [1.82, 2.24) is 0 Å². The van der Waals surface area contributed by atoms with Crippen molar-refractivity contribution in [2.75, 3.05) is 10.0 Å². The van der Waals surface area contributed by atoms with Crippen LogP contribution >= 0.6 is 11.8 Å². The molecule has 0 saturated heterocycles. The van der Waals surface area contributed by atoms with Gasteiger partial charge >= 0.3 is 0 Å². The van der Waals surface area contributed by atoms with Crippen LogP contribution in [0.5, 0.6) is 0 Å². The number of halogens is 1. The van der Waals surface area contributed by atoms with Crippen molar-refractivity contribution in [3.8, 4) is 0 Å². The molecule has 0 radical (unpaired) electrons. The fraction of sp³-hybridized carbons (Fsp3) is 0.136. The smallest absolute Gasteiger partial charge is 0.261 e. The summed E-state index contributed by atoms with van der Waals surface area (Å²) in [5.41, 5.74) is 1.91. The fourth-order valence-electron chi connectivity index (χ4n) is 2.57. The number of anilines is 2. The fourth-order valence-corrected chi connectivity index (χ4v) is 4.49. The van der Waals surface area contributed by atoms with E-state index in [4.69, 9.17) is 0 Å². The molecule has 0 aliphatic heterocycles. The topological polar surface area (TPSA) is 75.3 Å². The molecule has 3 rings (SSSR count). The Labute approximate surface area is 179 Å². The second-order valence-corrected chi connectivity index (χ2v) is 9.80. The maximum absolute atomic E-state index is 13.0. The molecule has 0 fully saturated rings. The number of hydrogen-bond acceptors (Lipinski definition) is 4. The van der Waals surface area contributed by atoms with E-state index < -0.39 is 15.8 Å². The summed E-state index contributed by atoms with van der Waals surface area (Å²) in [5.74, 6) is -0.631. The van der Waals surface area contributed by atoms with Crippen LogP contribution < -0.4 is 10.0 Å². The van der Waals surface area contributed by atoms with Crippen LogP contribution in [0.4, 0.5) is 15.8 Å². The number of thioether (sulfide) groups is 1. The van der Waals surface area contributed by atoms with Gasteiger partial charge in [0.15, 0.2) is 0 Å². The van der Waals surface area contributed by atoms with Gasteiger partial charge in [0.25, 0.3) is 10.0 Å². The van der Waals surface area contributed by atoms with Gasteiger partial charge in [-0.15, -0.1) is 11.8 Å². The molecule has 1 amide bonds. The second kappa shape index (κ2) is 9.32. The van der Waals surface area contributed by atoms with E-state index in [0.29, 0.717) is 5.69 Å². The highest BCUT2D eigenvalue weighted by Crippen LogP contribution is 2.25. The number of carbonyl (C=O) groups excluding carboxylic acids is 1. The third-order valence-electron chi connectivity index (χ3n) is 4.23. The van der Waals surface area contributed by atoms with E-state index in [2.05, 4.69) is 10.0 Å². The summed E-state index contributed by atoms with van der Waals surface area (Å²) >= 11 is 1.44. The Balaban J connectivity index is 1.62. The molecule has 0 unspecified atom stereocenters. The molecule has 30 heavy (non-hydrogen) atoms. The van der Waals surface area contributed by atoms with Gasteiger partial charge in [-0.1, -0.05) is 17.7 Å². The van der Waals surface area contributed by atoms with Gasteiger partial charge in [0.1, 0.15) is 5.82 Å². The molecule has 1 atom stereocenters. The van der Waals surface area contributed by atoms with Crippen LogP contribution in [0, 0.1) is 12.7 Å². The van der Waals surface area contributed by atoms with Gasteiger partial charge in [-0.3, -0.25) is 9.52 Å². The van der Waals surface area contributed by atoms with E-state index in [1.807, 2.05) is 38.1 Å². The first-order valence-corrected chi connectivity index (χ1v) is 11.5. The normalized spacial score (nSPS) is 12.2. The third kappa shape index (κ3) is 5.84. The molecular weight excluding hydrogens is 423 g/mol. The third-order valence-corrected chi connectivity index (χ3v) is 6.74. The number of sulfonamides is 1. The largest absolute Gasteiger partial charge is 0.325 e. The number of aryl methyl sites for hydroxylation is 1. The molecule has 0 heterocycles. The zero-order valence-electron chi connectivity index (χ0n) is 16.4. The van der Waals surface area contributed by atoms with Crippen LogP contribution in [0.3, 0.4) is 0 Å². The van der Waals surface area contributed by atoms with Crippen LogP contribution in [0.25, 0.3) is 0 Å². The number of hydrogen-bond donors (Lipinski definition) is 2. The molecule has 0 aliphatic rings. The van der Waals surface area contributed by atoms with Crippen molar-refractivity contribution in [2.45, 2.75) is 28.9 Å². The van der Waals surface area contributed by atoms with Crippen molar-refractivity contribution in [1.29, 1.82) is 0 Å². The summed E-state index contributed by atoms with van der Waals surface area (Å²) in [4.78, 5) is 13.5. The van der Waals surface area contributed by atoms with Crippen LogP contribution in [-0.4, -0.2) is 19.6 Å². The summed E-state index contributed by atoms with van der Waals surface area (Å²) in [5, 5.41) is 2.47. The maximum Gasteiger partial charge on any atom is 0.261 e. The number of benzene rings is 3. The van der Waals surface area contributed by atoms with E-state index in [-0.39, 0.29) is 21.7 Å². The lowest BCUT2D eigenvalue weighted by molar-refractivity contribution is -0.115. The Hall–Kier alpha value is -2.84. The van der Waals surface area contributed by atoms with Crippen molar-refractivity contribution in [3.05, 3.63) is 84.2 Å². The summed E-state index contributed by atoms with van der Waals surface area (Å²) in [7, 11) is -3.82. The average molecular weight is 445 g/mol. The standard InChI is InChI=1S/C22H21FN2O3S2/c1-15-3-11-20(12-4-15)29-16(2)22(26)24-18-9-13-21(14-10-18)30(27,28)25-19-7-5-17(23)6-8-19/h3-14,16,25H,1-2H3,(H,24,26)/t16-/m0/s1. The molecule has 156 valence electrons. The number of rotatable bonds is 7. The summed E-state index contributed by atoms with van der Waals surface area (Å²) in [6.07, 6.45) is 0. The Kier molecular flexibility index (Phi) is 6.79. The van der Waals surface area contributed by atoms with Gasteiger partial charge in [0.2, 0.25) is 5.91 Å². The summed E-state index contributed by atoms with van der Waals surface area (Å²) < 4.78 is 40.3. The zero-order chi connectivity index (χ0) is 21.7. The van der Waals surface area contributed by atoms with Gasteiger partial charge in [0.05, 0.1) is 10.1 Å². The molecule has 0 aromatic heterocycles. The first kappa shape index (κ1) is 21.9. The zero-order valence-corrected chi connectivity index (χ0v) is 18.1. The molecule has 0 spiro atoms. The highest BCUT2D eigenvalue weighted by atomic mass is 32.2. The minimum absolute atomic E-state index is 0.0342. The highest BCUT2D eigenvalue weighted by molar-refractivity contribution is 8.00. The van der Waals surface area contributed by atoms with Crippen LogP contribution in [-0.2, 0) is 14.8 Å². The maximum atomic E-state index is 13.0. The number of carbonyl (C=O) groups is 1. The van der Waals surface area contributed by atoms with Gasteiger partial charge in [-0.05, 0) is 74.5 Å². The first-order chi connectivity index (χ1) is 14.2. The molecular formula is C22H21FN2O3S2. The molecule has 2 N–H and O–H groups in total. The molecule has 3 aromatic carbocycles. The second-order valence-electron chi connectivity index (χ2n) is 6.70.